The number of fused-ring (bicyclic) bond motifs is 1. The van der Waals surface area contributed by atoms with E-state index < -0.39 is 0 Å². The summed E-state index contributed by atoms with van der Waals surface area (Å²) in [6.45, 7) is 1.82. The number of aromatic nitrogens is 5. The minimum atomic E-state index is 0.213. The maximum absolute atomic E-state index is 5.33. The lowest BCUT2D eigenvalue weighted by molar-refractivity contribution is 0.969. The molecule has 0 aliphatic carbocycles. The van der Waals surface area contributed by atoms with Gasteiger partial charge in [-0.1, -0.05) is 0 Å². The van der Waals surface area contributed by atoms with Gasteiger partial charge in [-0.25, -0.2) is 4.98 Å². The average molecular weight is 150 g/mol. The van der Waals surface area contributed by atoms with Gasteiger partial charge in [-0.05, 0) is 6.92 Å². The van der Waals surface area contributed by atoms with Crippen LogP contribution in [0.4, 0.5) is 5.95 Å². The molecule has 0 amide bonds. The van der Waals surface area contributed by atoms with Crippen LogP contribution in [0.25, 0.3) is 5.78 Å². The zero-order valence-electron chi connectivity index (χ0n) is 5.89. The normalized spacial score (nSPS) is 10.6. The van der Waals surface area contributed by atoms with Crippen LogP contribution in [0.1, 0.15) is 5.82 Å². The highest BCUT2D eigenvalue weighted by Gasteiger charge is 2.00. The number of hydrogen-bond acceptors (Lipinski definition) is 5. The Balaban J connectivity index is 2.86. The first kappa shape index (κ1) is 6.02. The second kappa shape index (κ2) is 1.88. The van der Waals surface area contributed by atoms with E-state index in [1.54, 1.807) is 10.7 Å². The molecule has 11 heavy (non-hydrogen) atoms. The van der Waals surface area contributed by atoms with Gasteiger partial charge in [0.05, 0.1) is 0 Å². The molecule has 0 bridgehead atoms. The van der Waals surface area contributed by atoms with Gasteiger partial charge < -0.3 is 5.73 Å². The average Bonchev–Trinajstić information content (AvgIpc) is 2.32. The van der Waals surface area contributed by atoms with E-state index in [1.807, 2.05) is 6.92 Å². The fraction of sp³-hybridized carbons (Fsp3) is 0.200. The van der Waals surface area contributed by atoms with Gasteiger partial charge in [0.1, 0.15) is 12.2 Å². The van der Waals surface area contributed by atoms with Gasteiger partial charge in [-0.2, -0.15) is 4.98 Å². The molecule has 6 nitrogen and oxygen atoms in total. The van der Waals surface area contributed by atoms with Gasteiger partial charge in [0, 0.05) is 0 Å². The Morgan fingerprint density at radius 2 is 2.27 bits per heavy atom. The van der Waals surface area contributed by atoms with Crippen LogP contribution in [0.5, 0.6) is 0 Å². The lowest BCUT2D eigenvalue weighted by atomic mass is 10.7. The van der Waals surface area contributed by atoms with Crippen molar-refractivity contribution in [2.45, 2.75) is 6.92 Å². The molecule has 0 fully saturated rings. The summed E-state index contributed by atoms with van der Waals surface area (Å²) < 4.78 is 1.66. The van der Waals surface area contributed by atoms with E-state index in [0.29, 0.717) is 5.78 Å². The summed E-state index contributed by atoms with van der Waals surface area (Å²) in [5, 5.41) is 7.55. The fourth-order valence-corrected chi connectivity index (χ4v) is 0.818. The zero-order valence-corrected chi connectivity index (χ0v) is 5.89. The van der Waals surface area contributed by atoms with Gasteiger partial charge in [-0.3, -0.25) is 4.40 Å². The number of anilines is 1. The second-order valence-electron chi connectivity index (χ2n) is 2.13. The van der Waals surface area contributed by atoms with Gasteiger partial charge in [-0.15, -0.1) is 10.2 Å². The third-order valence-corrected chi connectivity index (χ3v) is 1.37. The van der Waals surface area contributed by atoms with Gasteiger partial charge >= 0.3 is 0 Å². The first-order chi connectivity index (χ1) is 5.27. The molecule has 0 atom stereocenters. The Labute approximate surface area is 62.1 Å². The minimum absolute atomic E-state index is 0.213. The van der Waals surface area contributed by atoms with Crippen molar-refractivity contribution in [2.24, 2.45) is 0 Å². The zero-order chi connectivity index (χ0) is 7.84. The topological polar surface area (TPSA) is 82.0 Å². The van der Waals surface area contributed by atoms with Crippen molar-refractivity contribution in [3.8, 4) is 0 Å². The number of nitrogens with zero attached hydrogens (tertiary/aromatic N) is 5. The highest BCUT2D eigenvalue weighted by Crippen LogP contribution is 1.98. The highest BCUT2D eigenvalue weighted by atomic mass is 15.3. The lowest BCUT2D eigenvalue weighted by Crippen LogP contribution is -1.98. The summed E-state index contributed by atoms with van der Waals surface area (Å²) >= 11 is 0. The summed E-state index contributed by atoms with van der Waals surface area (Å²) in [5.41, 5.74) is 5.33. The summed E-state index contributed by atoms with van der Waals surface area (Å²) in [5.74, 6) is 1.44. The molecule has 0 aliphatic heterocycles. The largest absolute Gasteiger partial charge is 0.368 e. The Bertz CT molecular complexity index is 391. The van der Waals surface area contributed by atoms with Crippen molar-refractivity contribution in [1.29, 1.82) is 0 Å². The Hall–Kier alpha value is -1.72. The molecule has 6 heteroatoms. The van der Waals surface area contributed by atoms with E-state index in [1.165, 1.54) is 0 Å². The van der Waals surface area contributed by atoms with E-state index in [4.69, 9.17) is 5.73 Å². The van der Waals surface area contributed by atoms with Crippen LogP contribution < -0.4 is 5.73 Å². The molecule has 0 saturated carbocycles. The summed E-state index contributed by atoms with van der Waals surface area (Å²) in [6, 6.07) is 0. The third-order valence-electron chi connectivity index (χ3n) is 1.37. The number of rotatable bonds is 0. The second-order valence-corrected chi connectivity index (χ2v) is 2.13. The first-order valence-electron chi connectivity index (χ1n) is 3.07. The molecular weight excluding hydrogens is 144 g/mol. The van der Waals surface area contributed by atoms with Crippen LogP contribution >= 0.6 is 0 Å². The van der Waals surface area contributed by atoms with Crippen molar-refractivity contribution >= 4 is 11.7 Å². The fourth-order valence-electron chi connectivity index (χ4n) is 0.818. The molecule has 0 spiro atoms. The van der Waals surface area contributed by atoms with Gasteiger partial charge in [0.2, 0.25) is 5.95 Å². The molecule has 0 saturated heterocycles. The van der Waals surface area contributed by atoms with Crippen LogP contribution in [0, 0.1) is 6.92 Å². The van der Waals surface area contributed by atoms with E-state index in [-0.39, 0.29) is 5.95 Å². The molecule has 2 rings (SSSR count). The first-order valence-corrected chi connectivity index (χ1v) is 3.07. The van der Waals surface area contributed by atoms with Gasteiger partial charge in [0.15, 0.2) is 0 Å². The summed E-state index contributed by atoms with van der Waals surface area (Å²) in [4.78, 5) is 7.64. The van der Waals surface area contributed by atoms with Crippen molar-refractivity contribution in [2.75, 3.05) is 5.73 Å². The monoisotopic (exact) mass is 150 g/mol. The maximum atomic E-state index is 5.33. The van der Waals surface area contributed by atoms with Crippen LogP contribution in [-0.2, 0) is 0 Å². The standard InChI is InChI=1S/C5H6N6/c1-3-9-10-5-8-4(6)7-2-11(3)5/h2H,1H3,(H2,6,8,10). The van der Waals surface area contributed by atoms with Crippen molar-refractivity contribution in [3.05, 3.63) is 12.2 Å². The van der Waals surface area contributed by atoms with Crippen LogP contribution in [-0.4, -0.2) is 24.6 Å². The molecule has 2 aromatic heterocycles. The number of nitrogens with two attached hydrogens (primary N) is 1. The Morgan fingerprint density at radius 3 is 3.09 bits per heavy atom. The van der Waals surface area contributed by atoms with Crippen molar-refractivity contribution in [3.63, 3.8) is 0 Å². The molecule has 2 heterocycles. The lowest BCUT2D eigenvalue weighted by Gasteiger charge is -1.91. The van der Waals surface area contributed by atoms with E-state index >= 15 is 0 Å². The van der Waals surface area contributed by atoms with Crippen LogP contribution in [0.15, 0.2) is 6.33 Å². The molecule has 0 unspecified atom stereocenters. The Morgan fingerprint density at radius 1 is 1.45 bits per heavy atom. The van der Waals surface area contributed by atoms with E-state index in [2.05, 4.69) is 20.2 Å². The minimum Gasteiger partial charge on any atom is -0.368 e. The molecule has 2 aromatic rings. The number of hydrogen-bond donors (Lipinski definition) is 1. The van der Waals surface area contributed by atoms with Crippen molar-refractivity contribution in [1.82, 2.24) is 24.6 Å². The Kier molecular flexibility index (Phi) is 1.03. The van der Waals surface area contributed by atoms with Crippen LogP contribution in [0.2, 0.25) is 0 Å². The molecule has 0 aliphatic rings. The third kappa shape index (κ3) is 0.794. The molecule has 2 N–H and O–H groups in total. The molecule has 0 aromatic carbocycles. The summed E-state index contributed by atoms with van der Waals surface area (Å²) in [7, 11) is 0. The molecule has 0 radical (unpaired) electrons. The SMILES string of the molecule is Cc1nnc2nc(N)ncn12. The predicted molar refractivity (Wildman–Crippen MR) is 37.7 cm³/mol. The number of nitrogen functional groups attached to an aromatic ring is 1. The van der Waals surface area contributed by atoms with Crippen molar-refractivity contribution < 1.29 is 0 Å². The van der Waals surface area contributed by atoms with Gasteiger partial charge in [0.25, 0.3) is 5.78 Å². The highest BCUT2D eigenvalue weighted by molar-refractivity contribution is 5.31. The maximum Gasteiger partial charge on any atom is 0.259 e. The summed E-state index contributed by atoms with van der Waals surface area (Å²) in [6.07, 6.45) is 1.55. The molecule has 56 valence electrons. The van der Waals surface area contributed by atoms with E-state index in [9.17, 15) is 0 Å². The quantitative estimate of drug-likeness (QED) is 0.542. The smallest absolute Gasteiger partial charge is 0.259 e. The predicted octanol–water partition coefficient (Wildman–Crippen LogP) is -0.590. The number of aryl methyl sites for hydroxylation is 1. The van der Waals surface area contributed by atoms with Crippen LogP contribution in [0.3, 0.4) is 0 Å². The van der Waals surface area contributed by atoms with E-state index in [0.717, 1.165) is 5.82 Å². The molecular formula is C5H6N6.